The van der Waals surface area contributed by atoms with Crippen LogP contribution in [0, 0.1) is 0 Å². The summed E-state index contributed by atoms with van der Waals surface area (Å²) in [6.45, 7) is 5.06. The van der Waals surface area contributed by atoms with Gasteiger partial charge in [-0.05, 0) is 38.6 Å². The van der Waals surface area contributed by atoms with E-state index in [4.69, 9.17) is 5.73 Å². The van der Waals surface area contributed by atoms with E-state index in [-0.39, 0.29) is 5.54 Å². The van der Waals surface area contributed by atoms with E-state index in [1.165, 1.54) is 12.1 Å². The van der Waals surface area contributed by atoms with Crippen molar-refractivity contribution in [1.82, 2.24) is 4.90 Å². The average molecular weight is 260 g/mol. The molecular formula is C13H19F3N2. The maximum atomic E-state index is 12.4. The fourth-order valence-electron chi connectivity index (χ4n) is 1.44. The predicted molar refractivity (Wildman–Crippen MR) is 66.0 cm³/mol. The van der Waals surface area contributed by atoms with Crippen molar-refractivity contribution in [3.63, 3.8) is 0 Å². The maximum Gasteiger partial charge on any atom is 0.416 e. The number of nitrogens with zero attached hydrogens (tertiary/aromatic N) is 1. The highest BCUT2D eigenvalue weighted by Crippen LogP contribution is 2.29. The average Bonchev–Trinajstić information content (AvgIpc) is 2.28. The Balaban J connectivity index is 2.76. The lowest BCUT2D eigenvalue weighted by atomic mass is 10.0. The Kier molecular flexibility index (Phi) is 4.40. The molecule has 0 unspecified atom stereocenters. The van der Waals surface area contributed by atoms with Gasteiger partial charge < -0.3 is 5.73 Å². The summed E-state index contributed by atoms with van der Waals surface area (Å²) in [4.78, 5) is 2.02. The van der Waals surface area contributed by atoms with Gasteiger partial charge in [0.15, 0.2) is 0 Å². The van der Waals surface area contributed by atoms with Crippen LogP contribution in [0.25, 0.3) is 0 Å². The zero-order chi connectivity index (χ0) is 14.0. The van der Waals surface area contributed by atoms with Crippen LogP contribution < -0.4 is 5.73 Å². The molecule has 0 atom stereocenters. The number of hydrogen-bond donors (Lipinski definition) is 1. The third-order valence-electron chi connectivity index (χ3n) is 3.23. The van der Waals surface area contributed by atoms with Gasteiger partial charge in [-0.1, -0.05) is 12.1 Å². The molecule has 102 valence electrons. The van der Waals surface area contributed by atoms with Crippen molar-refractivity contribution >= 4 is 0 Å². The van der Waals surface area contributed by atoms with Gasteiger partial charge in [0.25, 0.3) is 0 Å². The Morgan fingerprint density at radius 1 is 1.11 bits per heavy atom. The number of nitrogens with two attached hydrogens (primary N) is 1. The third kappa shape index (κ3) is 3.71. The summed E-state index contributed by atoms with van der Waals surface area (Å²) in [5, 5.41) is 0. The van der Waals surface area contributed by atoms with E-state index in [9.17, 15) is 13.2 Å². The first-order valence-corrected chi connectivity index (χ1v) is 5.74. The molecular weight excluding hydrogens is 241 g/mol. The molecule has 1 rings (SSSR count). The molecule has 0 aliphatic rings. The minimum atomic E-state index is -4.28. The zero-order valence-electron chi connectivity index (χ0n) is 10.9. The third-order valence-corrected chi connectivity index (χ3v) is 3.23. The molecule has 0 heterocycles. The van der Waals surface area contributed by atoms with E-state index >= 15 is 0 Å². The molecule has 2 nitrogen and oxygen atoms in total. The van der Waals surface area contributed by atoms with Gasteiger partial charge in [-0.25, -0.2) is 0 Å². The Bertz CT molecular complexity index is 382. The number of likely N-dealkylation sites (N-methyl/N-ethyl adjacent to an activating group) is 1. The van der Waals surface area contributed by atoms with Crippen LogP contribution in [0.1, 0.15) is 25.0 Å². The number of hydrogen-bond acceptors (Lipinski definition) is 2. The van der Waals surface area contributed by atoms with Gasteiger partial charge in [0.05, 0.1) is 5.56 Å². The van der Waals surface area contributed by atoms with Crippen molar-refractivity contribution in [2.45, 2.75) is 32.1 Å². The van der Waals surface area contributed by atoms with Gasteiger partial charge in [0, 0.05) is 18.6 Å². The molecule has 0 aromatic heterocycles. The highest BCUT2D eigenvalue weighted by Gasteiger charge is 2.30. The first kappa shape index (κ1) is 15.0. The normalized spacial score (nSPS) is 13.1. The van der Waals surface area contributed by atoms with Gasteiger partial charge in [-0.15, -0.1) is 0 Å². The largest absolute Gasteiger partial charge is 0.416 e. The molecule has 0 fully saturated rings. The summed E-state index contributed by atoms with van der Waals surface area (Å²) >= 11 is 0. The summed E-state index contributed by atoms with van der Waals surface area (Å²) in [6.07, 6.45) is -4.28. The molecule has 0 amide bonds. The van der Waals surface area contributed by atoms with Crippen LogP contribution in [0.3, 0.4) is 0 Å². The fourth-order valence-corrected chi connectivity index (χ4v) is 1.44. The second-order valence-electron chi connectivity index (χ2n) is 5.07. The van der Waals surface area contributed by atoms with Crippen molar-refractivity contribution in [3.05, 3.63) is 35.4 Å². The molecule has 0 spiro atoms. The lowest BCUT2D eigenvalue weighted by Gasteiger charge is -2.34. The summed E-state index contributed by atoms with van der Waals surface area (Å²) in [6, 6.07) is 5.23. The van der Waals surface area contributed by atoms with E-state index in [0.717, 1.165) is 17.7 Å². The zero-order valence-corrected chi connectivity index (χ0v) is 10.9. The van der Waals surface area contributed by atoms with Crippen LogP contribution in [0.15, 0.2) is 24.3 Å². The number of alkyl halides is 3. The summed E-state index contributed by atoms with van der Waals surface area (Å²) in [5.41, 5.74) is 5.70. The molecule has 5 heteroatoms. The monoisotopic (exact) mass is 260 g/mol. The highest BCUT2D eigenvalue weighted by molar-refractivity contribution is 5.24. The van der Waals surface area contributed by atoms with Crippen LogP contribution in [0.2, 0.25) is 0 Å². The predicted octanol–water partition coefficient (Wildman–Crippen LogP) is 2.87. The van der Waals surface area contributed by atoms with E-state index in [0.29, 0.717) is 13.1 Å². The highest BCUT2D eigenvalue weighted by atomic mass is 19.4. The molecule has 0 saturated carbocycles. The Morgan fingerprint density at radius 2 is 1.61 bits per heavy atom. The molecule has 0 bridgehead atoms. The van der Waals surface area contributed by atoms with E-state index in [1.54, 1.807) is 0 Å². The minimum Gasteiger partial charge on any atom is -0.329 e. The second kappa shape index (κ2) is 5.28. The van der Waals surface area contributed by atoms with Gasteiger partial charge in [-0.2, -0.15) is 13.2 Å². The number of benzene rings is 1. The quantitative estimate of drug-likeness (QED) is 0.902. The first-order valence-electron chi connectivity index (χ1n) is 5.74. The van der Waals surface area contributed by atoms with Crippen LogP contribution in [0.5, 0.6) is 0 Å². The number of halogens is 3. The van der Waals surface area contributed by atoms with Crippen LogP contribution in [-0.4, -0.2) is 24.0 Å². The SMILES string of the molecule is CN(Cc1ccc(C(F)(F)F)cc1)C(C)(C)CN. The van der Waals surface area contributed by atoms with Crippen molar-refractivity contribution in [2.75, 3.05) is 13.6 Å². The Morgan fingerprint density at radius 3 is 2.00 bits per heavy atom. The van der Waals surface area contributed by atoms with Crippen LogP contribution in [-0.2, 0) is 12.7 Å². The van der Waals surface area contributed by atoms with E-state index in [2.05, 4.69) is 0 Å². The Labute approximate surface area is 106 Å². The summed E-state index contributed by atoms with van der Waals surface area (Å²) in [5.74, 6) is 0. The van der Waals surface area contributed by atoms with Gasteiger partial charge in [0.2, 0.25) is 0 Å². The lowest BCUT2D eigenvalue weighted by molar-refractivity contribution is -0.137. The molecule has 0 saturated heterocycles. The number of rotatable bonds is 4. The van der Waals surface area contributed by atoms with Gasteiger partial charge in [-0.3, -0.25) is 4.90 Å². The van der Waals surface area contributed by atoms with Crippen molar-refractivity contribution in [2.24, 2.45) is 5.73 Å². The molecule has 1 aromatic carbocycles. The second-order valence-corrected chi connectivity index (χ2v) is 5.07. The lowest BCUT2D eigenvalue weighted by Crippen LogP contribution is -2.46. The maximum absolute atomic E-state index is 12.4. The van der Waals surface area contributed by atoms with Gasteiger partial charge >= 0.3 is 6.18 Å². The summed E-state index contributed by atoms with van der Waals surface area (Å²) in [7, 11) is 1.91. The fraction of sp³-hybridized carbons (Fsp3) is 0.538. The topological polar surface area (TPSA) is 29.3 Å². The minimum absolute atomic E-state index is 0.178. The molecule has 0 aliphatic heterocycles. The standard InChI is InChI=1S/C13H19F3N2/c1-12(2,9-17)18(3)8-10-4-6-11(7-5-10)13(14,15)16/h4-7H,8-9,17H2,1-3H3. The van der Waals surface area contributed by atoms with Crippen LogP contribution in [0.4, 0.5) is 13.2 Å². The van der Waals surface area contributed by atoms with Crippen molar-refractivity contribution < 1.29 is 13.2 Å². The van der Waals surface area contributed by atoms with Crippen LogP contribution >= 0.6 is 0 Å². The molecule has 18 heavy (non-hydrogen) atoms. The molecule has 0 radical (unpaired) electrons. The molecule has 1 aromatic rings. The molecule has 2 N–H and O–H groups in total. The van der Waals surface area contributed by atoms with E-state index in [1.807, 2.05) is 25.8 Å². The van der Waals surface area contributed by atoms with Crippen molar-refractivity contribution in [1.29, 1.82) is 0 Å². The van der Waals surface area contributed by atoms with Gasteiger partial charge in [0.1, 0.15) is 0 Å². The van der Waals surface area contributed by atoms with Crippen molar-refractivity contribution in [3.8, 4) is 0 Å². The smallest absolute Gasteiger partial charge is 0.329 e. The summed E-state index contributed by atoms with van der Waals surface area (Å²) < 4.78 is 37.2. The Hall–Kier alpha value is -1.07. The first-order chi connectivity index (χ1) is 8.16. The molecule has 0 aliphatic carbocycles. The van der Waals surface area contributed by atoms with E-state index < -0.39 is 11.7 Å².